The first-order chi connectivity index (χ1) is 24.3. The van der Waals surface area contributed by atoms with Crippen molar-refractivity contribution in [1.29, 1.82) is 0 Å². The van der Waals surface area contributed by atoms with Crippen molar-refractivity contribution in [2.24, 2.45) is 50.2 Å². The van der Waals surface area contributed by atoms with Gasteiger partial charge in [0.1, 0.15) is 5.78 Å². The maximum Gasteiger partial charge on any atom is 0.519 e. The molecule has 0 amide bonds. The number of carbonyl (C=O) groups is 4. The van der Waals surface area contributed by atoms with Crippen LogP contribution in [0, 0.1) is 50.2 Å². The number of ether oxygens (including phenoxy) is 1. The Morgan fingerprint density at radius 1 is 0.923 bits per heavy atom. The fourth-order valence-corrected chi connectivity index (χ4v) is 13.4. The standard InChI is InChI=1S/C42H59NO9/c1-9-29-30(52-36(49)51-29)23-50-35(48)42(8)31-12-15-41(7)33(39(31,5)14-13-32(42)43-20-10-11-27(43)24(2)44)28(45)21-25-26-22-38(4,34(46)47)17-16-37(26,3)18-19-40(25,41)6/h21,26-27,31-33H,9-20,22-23H2,1-8H3,(H,46,47)/t26-,27-,31+,32-,33+,37+,38-,39-,40+,41+,42-/m0/s1. The fraction of sp³-hybridized carbons (Fsp3) is 0.786. The first-order valence-electron chi connectivity index (χ1n) is 19.8. The lowest BCUT2D eigenvalue weighted by Gasteiger charge is -2.70. The number of fused-ring (bicyclic) bond motifs is 7. The number of allylic oxidation sites excluding steroid dienone is 2. The van der Waals surface area contributed by atoms with Gasteiger partial charge in [-0.2, -0.15) is 0 Å². The number of ketones is 2. The molecule has 2 heterocycles. The average Bonchev–Trinajstić information content (AvgIpc) is 3.71. The van der Waals surface area contributed by atoms with Crippen LogP contribution in [-0.4, -0.2) is 52.1 Å². The molecule has 0 aromatic carbocycles. The van der Waals surface area contributed by atoms with E-state index in [1.807, 2.05) is 26.8 Å². The van der Waals surface area contributed by atoms with Gasteiger partial charge in [0.25, 0.3) is 0 Å². The number of hydrogen-bond donors (Lipinski definition) is 1. The predicted molar refractivity (Wildman–Crippen MR) is 192 cm³/mol. The molecular weight excluding hydrogens is 662 g/mol. The van der Waals surface area contributed by atoms with Crippen LogP contribution in [0.1, 0.15) is 138 Å². The van der Waals surface area contributed by atoms with Crippen molar-refractivity contribution in [2.45, 2.75) is 151 Å². The molecule has 0 radical (unpaired) electrons. The minimum absolute atomic E-state index is 0.0269. The number of likely N-dealkylation sites (tertiary alicyclic amines) is 1. The number of carboxylic acid groups (broad SMARTS) is 1. The average molecular weight is 722 g/mol. The van der Waals surface area contributed by atoms with Crippen LogP contribution in [0.4, 0.5) is 0 Å². The van der Waals surface area contributed by atoms with Crippen LogP contribution in [0.25, 0.3) is 0 Å². The molecule has 1 aromatic rings. The van der Waals surface area contributed by atoms with Crippen molar-refractivity contribution < 1.29 is 37.9 Å². The molecule has 5 fully saturated rings. The third-order valence-corrected chi connectivity index (χ3v) is 16.7. The first kappa shape index (κ1) is 37.3. The second-order valence-electron chi connectivity index (χ2n) is 19.1. The summed E-state index contributed by atoms with van der Waals surface area (Å²) in [5, 5.41) is 10.3. The second-order valence-corrected chi connectivity index (χ2v) is 19.1. The van der Waals surface area contributed by atoms with E-state index in [9.17, 15) is 29.1 Å². The summed E-state index contributed by atoms with van der Waals surface area (Å²) in [6.07, 6.45) is 10.8. The molecule has 5 aliphatic carbocycles. The van der Waals surface area contributed by atoms with Crippen LogP contribution >= 0.6 is 0 Å². The number of Topliss-reactive ketones (excluding diaryl/α,β-unsaturated/α-hetero) is 1. The Morgan fingerprint density at radius 3 is 2.29 bits per heavy atom. The topological polar surface area (TPSA) is 144 Å². The highest BCUT2D eigenvalue weighted by molar-refractivity contribution is 5.96. The summed E-state index contributed by atoms with van der Waals surface area (Å²) >= 11 is 0. The number of nitrogens with zero attached hydrogens (tertiary/aromatic N) is 1. The van der Waals surface area contributed by atoms with Gasteiger partial charge in [0.15, 0.2) is 23.9 Å². The van der Waals surface area contributed by atoms with Crippen molar-refractivity contribution in [3.05, 3.63) is 33.8 Å². The van der Waals surface area contributed by atoms with Crippen LogP contribution in [0.3, 0.4) is 0 Å². The van der Waals surface area contributed by atoms with E-state index >= 15 is 0 Å². The van der Waals surface area contributed by atoms with Gasteiger partial charge in [-0.25, -0.2) is 4.79 Å². The molecule has 7 rings (SSSR count). The zero-order chi connectivity index (χ0) is 37.8. The largest absolute Gasteiger partial charge is 0.519 e. The monoisotopic (exact) mass is 721 g/mol. The molecule has 1 aromatic heterocycles. The molecule has 6 aliphatic rings. The van der Waals surface area contributed by atoms with Gasteiger partial charge in [-0.15, -0.1) is 0 Å². The molecule has 10 heteroatoms. The molecule has 0 spiro atoms. The summed E-state index contributed by atoms with van der Waals surface area (Å²) in [6.45, 7) is 17.0. The van der Waals surface area contributed by atoms with Gasteiger partial charge in [0, 0.05) is 18.4 Å². The number of carboxylic acids is 1. The molecule has 52 heavy (non-hydrogen) atoms. The normalized spacial score (nSPS) is 44.5. The third-order valence-electron chi connectivity index (χ3n) is 16.7. The van der Waals surface area contributed by atoms with Crippen LogP contribution in [-0.2, 0) is 36.9 Å². The number of carbonyl (C=O) groups excluding carboxylic acids is 3. The van der Waals surface area contributed by atoms with Gasteiger partial charge in [-0.05, 0) is 138 Å². The van der Waals surface area contributed by atoms with Crippen molar-refractivity contribution >= 4 is 23.5 Å². The van der Waals surface area contributed by atoms with Gasteiger partial charge in [-0.1, -0.05) is 40.2 Å². The molecule has 1 saturated heterocycles. The van der Waals surface area contributed by atoms with Gasteiger partial charge in [0.05, 0.1) is 16.9 Å². The van der Waals surface area contributed by atoms with E-state index in [4.69, 9.17) is 13.6 Å². The summed E-state index contributed by atoms with van der Waals surface area (Å²) in [6, 6.07) is -0.522. The minimum Gasteiger partial charge on any atom is -0.481 e. The maximum absolute atomic E-state index is 15.0. The van der Waals surface area contributed by atoms with Crippen LogP contribution in [0.5, 0.6) is 0 Å². The molecule has 4 saturated carbocycles. The number of aliphatic carboxylic acids is 1. The molecule has 1 aliphatic heterocycles. The van der Waals surface area contributed by atoms with Crippen molar-refractivity contribution in [2.75, 3.05) is 6.54 Å². The number of hydrogen-bond acceptors (Lipinski definition) is 9. The van der Waals surface area contributed by atoms with Gasteiger partial charge in [-0.3, -0.25) is 24.1 Å². The minimum atomic E-state index is -1.05. The predicted octanol–water partition coefficient (Wildman–Crippen LogP) is 7.31. The highest BCUT2D eigenvalue weighted by Crippen LogP contribution is 2.75. The van der Waals surface area contributed by atoms with Gasteiger partial charge in [0.2, 0.25) is 0 Å². The van der Waals surface area contributed by atoms with Crippen LogP contribution in [0.15, 0.2) is 25.3 Å². The SMILES string of the molecule is CCc1oc(=O)oc1COC(=O)[C@]1(C)[C@@H](N2CCC[C@H]2C(C)=O)CC[C@@]2(C)[C@H]1CC[C@]1(C)[C@@H]2C(=O)C=C2[C@@H]3C[C@@](C)(C(=O)O)CC[C@]3(C)CC[C@]21C. The summed E-state index contributed by atoms with van der Waals surface area (Å²) < 4.78 is 16.6. The summed E-state index contributed by atoms with van der Waals surface area (Å²) in [7, 11) is 0. The lowest BCUT2D eigenvalue weighted by Crippen LogP contribution is -2.70. The molecule has 0 bridgehead atoms. The highest BCUT2D eigenvalue weighted by atomic mass is 16.6. The van der Waals surface area contributed by atoms with Gasteiger partial charge >= 0.3 is 17.8 Å². The lowest BCUT2D eigenvalue weighted by atomic mass is 9.33. The zero-order valence-corrected chi connectivity index (χ0v) is 32.5. The molecular formula is C42H59NO9. The molecule has 11 atom stereocenters. The Balaban J connectivity index is 1.29. The number of rotatable bonds is 7. The fourth-order valence-electron chi connectivity index (χ4n) is 13.4. The van der Waals surface area contributed by atoms with Crippen molar-refractivity contribution in [1.82, 2.24) is 4.90 Å². The summed E-state index contributed by atoms with van der Waals surface area (Å²) in [4.78, 5) is 69.5. The zero-order valence-electron chi connectivity index (χ0n) is 32.5. The summed E-state index contributed by atoms with van der Waals surface area (Å²) in [5.41, 5.74) is -1.97. The maximum atomic E-state index is 15.0. The van der Waals surface area contributed by atoms with Gasteiger partial charge < -0.3 is 18.7 Å². The molecule has 0 unspecified atom stereocenters. The quantitative estimate of drug-likeness (QED) is 0.285. The van der Waals surface area contributed by atoms with E-state index < -0.39 is 34.0 Å². The Hall–Kier alpha value is -3.01. The van der Waals surface area contributed by atoms with E-state index in [1.54, 1.807) is 6.92 Å². The Morgan fingerprint density at radius 2 is 1.62 bits per heavy atom. The Kier molecular flexibility index (Phi) is 8.79. The molecule has 286 valence electrons. The lowest BCUT2D eigenvalue weighted by molar-refractivity contribution is -0.213. The van der Waals surface area contributed by atoms with E-state index in [-0.39, 0.29) is 70.0 Å². The van der Waals surface area contributed by atoms with E-state index in [0.29, 0.717) is 31.4 Å². The second kappa shape index (κ2) is 12.3. The van der Waals surface area contributed by atoms with E-state index in [2.05, 4.69) is 32.6 Å². The Labute approximate surface area is 307 Å². The Bertz CT molecular complexity index is 1770. The highest BCUT2D eigenvalue weighted by Gasteiger charge is 2.72. The number of aryl methyl sites for hydroxylation is 1. The van der Waals surface area contributed by atoms with Crippen LogP contribution in [0.2, 0.25) is 0 Å². The number of esters is 1. The van der Waals surface area contributed by atoms with E-state index in [1.165, 1.54) is 0 Å². The van der Waals surface area contributed by atoms with Crippen molar-refractivity contribution in [3.63, 3.8) is 0 Å². The summed E-state index contributed by atoms with van der Waals surface area (Å²) in [5.74, 6) is -1.72. The molecule has 1 N–H and O–H groups in total. The van der Waals surface area contributed by atoms with Crippen molar-refractivity contribution in [3.8, 4) is 0 Å². The molecule has 10 nitrogen and oxygen atoms in total. The smallest absolute Gasteiger partial charge is 0.481 e. The van der Waals surface area contributed by atoms with E-state index in [0.717, 1.165) is 63.5 Å². The third kappa shape index (κ3) is 5.07. The van der Waals surface area contributed by atoms with Crippen LogP contribution < -0.4 is 5.82 Å². The first-order valence-corrected chi connectivity index (χ1v) is 19.8.